The van der Waals surface area contributed by atoms with Crippen LogP contribution in [0.3, 0.4) is 0 Å². The fourth-order valence-corrected chi connectivity index (χ4v) is 3.43. The fourth-order valence-electron chi connectivity index (χ4n) is 2.87. The predicted octanol–water partition coefficient (Wildman–Crippen LogP) is 5.71. The van der Waals surface area contributed by atoms with Crippen LogP contribution < -0.4 is 9.47 Å². The van der Waals surface area contributed by atoms with E-state index in [1.54, 1.807) is 19.3 Å². The van der Waals surface area contributed by atoms with Crippen LogP contribution in [0.1, 0.15) is 50.3 Å². The number of methoxy groups -OCH3 is 1. The van der Waals surface area contributed by atoms with Crippen molar-refractivity contribution < 1.29 is 19.0 Å². The Morgan fingerprint density at radius 2 is 1.79 bits per heavy atom. The third-order valence-corrected chi connectivity index (χ3v) is 4.94. The van der Waals surface area contributed by atoms with Crippen LogP contribution in [0.25, 0.3) is 6.08 Å². The summed E-state index contributed by atoms with van der Waals surface area (Å²) < 4.78 is 17.4. The minimum absolute atomic E-state index is 0.00320. The van der Waals surface area contributed by atoms with Crippen molar-refractivity contribution in [3.8, 4) is 11.5 Å². The molecule has 0 atom stereocenters. The van der Waals surface area contributed by atoms with Gasteiger partial charge < -0.3 is 14.2 Å². The van der Waals surface area contributed by atoms with Crippen LogP contribution >= 0.6 is 15.9 Å². The lowest BCUT2D eigenvalue weighted by Gasteiger charge is -2.15. The lowest BCUT2D eigenvalue weighted by Crippen LogP contribution is -2.07. The third kappa shape index (κ3) is 4.88. The zero-order valence-electron chi connectivity index (χ0n) is 17.2. The minimum Gasteiger partial charge on any atom is -0.493 e. The maximum atomic E-state index is 12.3. The smallest absolute Gasteiger partial charge is 0.363 e. The van der Waals surface area contributed by atoms with E-state index in [4.69, 9.17) is 14.2 Å². The molecule has 0 saturated heterocycles. The molecule has 0 radical (unpaired) electrons. The van der Waals surface area contributed by atoms with E-state index in [0.29, 0.717) is 23.3 Å². The number of rotatable bonds is 6. The molecule has 0 aromatic heterocycles. The quantitative estimate of drug-likeness (QED) is 0.411. The number of halogens is 1. The van der Waals surface area contributed by atoms with E-state index < -0.39 is 5.97 Å². The molecule has 0 unspecified atom stereocenters. The number of carbonyl (C=O) groups excluding carboxylic acids is 1. The van der Waals surface area contributed by atoms with Crippen molar-refractivity contribution in [3.05, 3.63) is 63.3 Å². The molecule has 0 N–H and O–H groups in total. The molecule has 0 fully saturated rings. The summed E-state index contributed by atoms with van der Waals surface area (Å²) in [6.45, 7) is 8.15. The first-order valence-electron chi connectivity index (χ1n) is 9.45. The van der Waals surface area contributed by atoms with Crippen molar-refractivity contribution in [3.63, 3.8) is 0 Å². The number of nitrogens with zero attached hydrogens (tertiary/aromatic N) is 1. The first kappa shape index (κ1) is 21.1. The second kappa shape index (κ2) is 8.82. The van der Waals surface area contributed by atoms with Crippen LogP contribution in [-0.2, 0) is 9.53 Å². The molecule has 2 aromatic rings. The molecular formula is C23H24BrNO4. The molecule has 0 amide bonds. The molecule has 0 spiro atoms. The molecule has 2 aromatic carbocycles. The van der Waals surface area contributed by atoms with Gasteiger partial charge >= 0.3 is 5.97 Å². The van der Waals surface area contributed by atoms with E-state index in [-0.39, 0.29) is 11.8 Å². The highest BCUT2D eigenvalue weighted by Crippen LogP contribution is 2.38. The molecule has 1 heterocycles. The van der Waals surface area contributed by atoms with Crippen molar-refractivity contribution in [2.75, 3.05) is 7.11 Å². The summed E-state index contributed by atoms with van der Waals surface area (Å²) in [6, 6.07) is 11.5. The average molecular weight is 458 g/mol. The van der Waals surface area contributed by atoms with Crippen molar-refractivity contribution >= 4 is 33.9 Å². The van der Waals surface area contributed by atoms with Gasteiger partial charge in [0.2, 0.25) is 5.90 Å². The summed E-state index contributed by atoms with van der Waals surface area (Å²) in [5, 5.41) is 0. The summed E-state index contributed by atoms with van der Waals surface area (Å²) in [7, 11) is 1.58. The van der Waals surface area contributed by atoms with Crippen LogP contribution in [0, 0.1) is 0 Å². The van der Waals surface area contributed by atoms with E-state index in [1.807, 2.05) is 44.2 Å². The zero-order valence-corrected chi connectivity index (χ0v) is 18.7. The van der Waals surface area contributed by atoms with Crippen LogP contribution in [-0.4, -0.2) is 25.1 Å². The molecule has 0 aliphatic carbocycles. The van der Waals surface area contributed by atoms with E-state index in [1.165, 1.54) is 5.56 Å². The summed E-state index contributed by atoms with van der Waals surface area (Å²) >= 11 is 3.51. The van der Waals surface area contributed by atoms with Gasteiger partial charge in [-0.1, -0.05) is 26.0 Å². The van der Waals surface area contributed by atoms with Crippen molar-refractivity contribution in [2.24, 2.45) is 4.99 Å². The fraction of sp³-hybridized carbons (Fsp3) is 0.304. The van der Waals surface area contributed by atoms with Gasteiger partial charge in [0.05, 0.1) is 17.7 Å². The SMILES string of the molecule is COc1cc(/C=C2\N=C(c3ccc(C(C)C)cc3)OC2=O)cc(Br)c1OC(C)C. The molecule has 3 rings (SSSR count). The van der Waals surface area contributed by atoms with Gasteiger partial charge in [0.1, 0.15) is 0 Å². The number of ether oxygens (including phenoxy) is 3. The second-order valence-electron chi connectivity index (χ2n) is 7.31. The lowest BCUT2D eigenvalue weighted by molar-refractivity contribution is -0.129. The minimum atomic E-state index is -0.481. The first-order valence-corrected chi connectivity index (χ1v) is 10.2. The van der Waals surface area contributed by atoms with Gasteiger partial charge in [-0.25, -0.2) is 9.79 Å². The van der Waals surface area contributed by atoms with Gasteiger partial charge in [0, 0.05) is 5.56 Å². The van der Waals surface area contributed by atoms with Crippen molar-refractivity contribution in [2.45, 2.75) is 39.7 Å². The Bertz CT molecular complexity index is 975. The summed E-state index contributed by atoms with van der Waals surface area (Å²) in [4.78, 5) is 16.7. The van der Waals surface area contributed by atoms with E-state index in [0.717, 1.165) is 15.6 Å². The first-order chi connectivity index (χ1) is 13.8. The van der Waals surface area contributed by atoms with Gasteiger partial charge in [-0.2, -0.15) is 0 Å². The maximum absolute atomic E-state index is 12.3. The van der Waals surface area contributed by atoms with Gasteiger partial charge in [0.15, 0.2) is 17.2 Å². The third-order valence-electron chi connectivity index (χ3n) is 4.35. The highest BCUT2D eigenvalue weighted by Gasteiger charge is 2.24. The Kier molecular flexibility index (Phi) is 6.42. The number of benzene rings is 2. The Morgan fingerprint density at radius 3 is 2.38 bits per heavy atom. The molecule has 6 heteroatoms. The Labute approximate surface area is 179 Å². The van der Waals surface area contributed by atoms with Gasteiger partial charge in [-0.15, -0.1) is 0 Å². The largest absolute Gasteiger partial charge is 0.493 e. The zero-order chi connectivity index (χ0) is 21.1. The molecule has 0 bridgehead atoms. The highest BCUT2D eigenvalue weighted by molar-refractivity contribution is 9.10. The monoisotopic (exact) mass is 457 g/mol. The Morgan fingerprint density at radius 1 is 1.10 bits per heavy atom. The van der Waals surface area contributed by atoms with Crippen molar-refractivity contribution in [1.29, 1.82) is 0 Å². The number of hydrogen-bond acceptors (Lipinski definition) is 5. The molecule has 1 aliphatic rings. The molecule has 29 heavy (non-hydrogen) atoms. The normalized spacial score (nSPS) is 15.1. The van der Waals surface area contributed by atoms with Crippen LogP contribution in [0.15, 0.2) is 51.6 Å². The van der Waals surface area contributed by atoms with Crippen LogP contribution in [0.5, 0.6) is 11.5 Å². The number of cyclic esters (lactones) is 1. The van der Waals surface area contributed by atoms with E-state index in [9.17, 15) is 4.79 Å². The summed E-state index contributed by atoms with van der Waals surface area (Å²) in [6.07, 6.45) is 1.67. The van der Waals surface area contributed by atoms with Crippen molar-refractivity contribution in [1.82, 2.24) is 0 Å². The number of carbonyl (C=O) groups is 1. The van der Waals surface area contributed by atoms with E-state index >= 15 is 0 Å². The predicted molar refractivity (Wildman–Crippen MR) is 118 cm³/mol. The van der Waals surface area contributed by atoms with E-state index in [2.05, 4.69) is 34.8 Å². The maximum Gasteiger partial charge on any atom is 0.363 e. The molecule has 152 valence electrons. The second-order valence-corrected chi connectivity index (χ2v) is 8.17. The molecule has 0 saturated carbocycles. The molecule has 1 aliphatic heterocycles. The van der Waals surface area contributed by atoms with Gasteiger partial charge in [-0.3, -0.25) is 0 Å². The van der Waals surface area contributed by atoms with Crippen LogP contribution in [0.2, 0.25) is 0 Å². The van der Waals surface area contributed by atoms with Gasteiger partial charge in [0.25, 0.3) is 0 Å². The Balaban J connectivity index is 1.91. The topological polar surface area (TPSA) is 57.1 Å². The number of hydrogen-bond donors (Lipinski definition) is 0. The standard InChI is InChI=1S/C23H24BrNO4/c1-13(2)16-6-8-17(9-7-16)22-25-19(23(26)29-22)11-15-10-18(24)21(28-14(3)4)20(12-15)27-5/h6-14H,1-5H3/b19-11-. The molecule has 5 nitrogen and oxygen atoms in total. The average Bonchev–Trinajstić information content (AvgIpc) is 3.04. The summed E-state index contributed by atoms with van der Waals surface area (Å²) in [5.41, 5.74) is 2.97. The highest BCUT2D eigenvalue weighted by atomic mass is 79.9. The number of esters is 1. The summed E-state index contributed by atoms with van der Waals surface area (Å²) in [5.74, 6) is 1.45. The Hall–Kier alpha value is -2.60. The lowest BCUT2D eigenvalue weighted by atomic mass is 10.0. The molecular weight excluding hydrogens is 434 g/mol. The van der Waals surface area contributed by atoms with Crippen LogP contribution in [0.4, 0.5) is 0 Å². The number of aliphatic imine (C=N–C) groups is 1. The van der Waals surface area contributed by atoms with Gasteiger partial charge in [-0.05, 0) is 77.2 Å².